The van der Waals surface area contributed by atoms with Crippen molar-refractivity contribution in [3.8, 4) is 16.9 Å². The summed E-state index contributed by atoms with van der Waals surface area (Å²) in [6.45, 7) is 3.54. The van der Waals surface area contributed by atoms with Gasteiger partial charge in [0.1, 0.15) is 11.6 Å². The Labute approximate surface area is 159 Å². The minimum absolute atomic E-state index is 0. The number of hydrogen-bond donors (Lipinski definition) is 1. The molecule has 0 saturated carbocycles. The first-order chi connectivity index (χ1) is 12.1. The highest BCUT2D eigenvalue weighted by Gasteiger charge is 2.20. The Hall–Kier alpha value is -2.11. The van der Waals surface area contributed by atoms with Crippen molar-refractivity contribution in [2.75, 3.05) is 20.3 Å². The van der Waals surface area contributed by atoms with Gasteiger partial charge in [0.2, 0.25) is 0 Å². The molecule has 140 valence electrons. The van der Waals surface area contributed by atoms with Gasteiger partial charge in [-0.25, -0.2) is 4.39 Å². The van der Waals surface area contributed by atoms with E-state index in [0.29, 0.717) is 25.3 Å². The molecular formula is C20H23ClFNO3. The van der Waals surface area contributed by atoms with E-state index in [9.17, 15) is 9.18 Å². The van der Waals surface area contributed by atoms with E-state index in [1.54, 1.807) is 20.1 Å². The molecule has 3 rings (SSSR count). The van der Waals surface area contributed by atoms with Crippen molar-refractivity contribution in [2.24, 2.45) is 0 Å². The molecule has 0 fully saturated rings. The van der Waals surface area contributed by atoms with Crippen LogP contribution in [-0.4, -0.2) is 26.2 Å². The van der Waals surface area contributed by atoms with E-state index in [1.807, 2.05) is 18.2 Å². The van der Waals surface area contributed by atoms with E-state index in [4.69, 9.17) is 9.47 Å². The van der Waals surface area contributed by atoms with Crippen LogP contribution < -0.4 is 10.1 Å². The quantitative estimate of drug-likeness (QED) is 0.805. The summed E-state index contributed by atoms with van der Waals surface area (Å²) < 4.78 is 24.7. The molecule has 0 radical (unpaired) electrons. The minimum Gasteiger partial charge on any atom is -0.496 e. The monoisotopic (exact) mass is 379 g/mol. The Morgan fingerprint density at radius 3 is 2.73 bits per heavy atom. The maximum absolute atomic E-state index is 14.2. The van der Waals surface area contributed by atoms with Crippen LogP contribution in [0.3, 0.4) is 0 Å². The number of fused-ring (bicyclic) bond motifs is 1. The highest BCUT2D eigenvalue weighted by molar-refractivity contribution is 5.85. The van der Waals surface area contributed by atoms with Crippen LogP contribution in [0.1, 0.15) is 23.6 Å². The minimum atomic E-state index is -0.263. The lowest BCUT2D eigenvalue weighted by atomic mass is 9.90. The number of rotatable bonds is 5. The number of benzene rings is 2. The molecule has 1 heterocycles. The van der Waals surface area contributed by atoms with E-state index < -0.39 is 0 Å². The summed E-state index contributed by atoms with van der Waals surface area (Å²) in [6.07, 6.45) is 0.867. The Morgan fingerprint density at radius 1 is 1.19 bits per heavy atom. The van der Waals surface area contributed by atoms with E-state index in [-0.39, 0.29) is 30.6 Å². The predicted molar refractivity (Wildman–Crippen MR) is 101 cm³/mol. The zero-order chi connectivity index (χ0) is 17.8. The number of esters is 1. The maximum Gasteiger partial charge on any atom is 0.310 e. The second kappa shape index (κ2) is 9.01. The van der Waals surface area contributed by atoms with E-state index in [0.717, 1.165) is 34.4 Å². The highest BCUT2D eigenvalue weighted by Crippen LogP contribution is 2.36. The zero-order valence-electron chi connectivity index (χ0n) is 14.9. The van der Waals surface area contributed by atoms with Gasteiger partial charge in [0.15, 0.2) is 0 Å². The van der Waals surface area contributed by atoms with Gasteiger partial charge in [0.25, 0.3) is 0 Å². The molecule has 0 saturated heterocycles. The Balaban J connectivity index is 0.00000243. The van der Waals surface area contributed by atoms with Gasteiger partial charge in [0, 0.05) is 12.1 Å². The summed E-state index contributed by atoms with van der Waals surface area (Å²) >= 11 is 0. The lowest BCUT2D eigenvalue weighted by Gasteiger charge is -2.22. The molecule has 4 nitrogen and oxygen atoms in total. The predicted octanol–water partition coefficient (Wildman–Crippen LogP) is 3.67. The number of halogens is 2. The largest absolute Gasteiger partial charge is 0.496 e. The third-order valence-corrected chi connectivity index (χ3v) is 4.44. The molecular weight excluding hydrogens is 357 g/mol. The lowest BCUT2D eigenvalue weighted by Crippen LogP contribution is -2.25. The molecule has 1 aliphatic rings. The molecule has 0 aromatic heterocycles. The van der Waals surface area contributed by atoms with Gasteiger partial charge in [-0.1, -0.05) is 12.1 Å². The third kappa shape index (κ3) is 4.17. The Kier molecular flexibility index (Phi) is 7.00. The fraction of sp³-hybridized carbons (Fsp3) is 0.350. The van der Waals surface area contributed by atoms with Crippen molar-refractivity contribution in [2.45, 2.75) is 26.3 Å². The third-order valence-electron chi connectivity index (χ3n) is 4.44. The second-order valence-electron chi connectivity index (χ2n) is 6.00. The van der Waals surface area contributed by atoms with Crippen molar-refractivity contribution < 1.29 is 18.7 Å². The van der Waals surface area contributed by atoms with Crippen molar-refractivity contribution in [3.05, 3.63) is 52.8 Å². The van der Waals surface area contributed by atoms with Crippen molar-refractivity contribution >= 4 is 18.4 Å². The SMILES string of the molecule is CCOC(=O)Cc1ccc(OC)c(-c2ccc(F)c3c2CNCC3)c1.Cl. The fourth-order valence-electron chi connectivity index (χ4n) is 3.27. The van der Waals surface area contributed by atoms with Crippen LogP contribution in [0.5, 0.6) is 5.75 Å². The van der Waals surface area contributed by atoms with Gasteiger partial charge in [-0.05, 0) is 60.3 Å². The van der Waals surface area contributed by atoms with E-state index in [1.165, 1.54) is 6.07 Å². The fourth-order valence-corrected chi connectivity index (χ4v) is 3.27. The normalized spacial score (nSPS) is 12.7. The van der Waals surface area contributed by atoms with Crippen LogP contribution >= 0.6 is 12.4 Å². The molecule has 6 heteroatoms. The summed E-state index contributed by atoms with van der Waals surface area (Å²) in [5, 5.41) is 3.30. The first kappa shape index (κ1) is 20.2. The average molecular weight is 380 g/mol. The molecule has 2 aromatic rings. The molecule has 0 unspecified atom stereocenters. The maximum atomic E-state index is 14.2. The van der Waals surface area contributed by atoms with E-state index in [2.05, 4.69) is 5.32 Å². The molecule has 0 atom stereocenters. The Bertz CT molecular complexity index is 795. The van der Waals surface area contributed by atoms with E-state index >= 15 is 0 Å². The first-order valence-electron chi connectivity index (χ1n) is 8.48. The lowest BCUT2D eigenvalue weighted by molar-refractivity contribution is -0.142. The second-order valence-corrected chi connectivity index (χ2v) is 6.00. The van der Waals surface area contributed by atoms with Gasteiger partial charge < -0.3 is 14.8 Å². The topological polar surface area (TPSA) is 47.6 Å². The molecule has 0 spiro atoms. The van der Waals surface area contributed by atoms with Crippen molar-refractivity contribution in [1.82, 2.24) is 5.32 Å². The van der Waals surface area contributed by atoms with Crippen LogP contribution in [-0.2, 0) is 28.9 Å². The van der Waals surface area contributed by atoms with Crippen LogP contribution in [0, 0.1) is 5.82 Å². The van der Waals surface area contributed by atoms with Crippen molar-refractivity contribution in [3.63, 3.8) is 0 Å². The number of methoxy groups -OCH3 is 1. The number of nitrogens with one attached hydrogen (secondary N) is 1. The average Bonchev–Trinajstić information content (AvgIpc) is 2.62. The van der Waals surface area contributed by atoms with Gasteiger partial charge in [0.05, 0.1) is 20.1 Å². The van der Waals surface area contributed by atoms with Gasteiger partial charge >= 0.3 is 5.97 Å². The number of ether oxygens (including phenoxy) is 2. The zero-order valence-corrected chi connectivity index (χ0v) is 15.7. The van der Waals surface area contributed by atoms with Crippen LogP contribution in [0.15, 0.2) is 30.3 Å². The highest BCUT2D eigenvalue weighted by atomic mass is 35.5. The Morgan fingerprint density at radius 2 is 2.00 bits per heavy atom. The molecule has 0 amide bonds. The van der Waals surface area contributed by atoms with Crippen LogP contribution in [0.25, 0.3) is 11.1 Å². The number of carbonyl (C=O) groups excluding carboxylic acids is 1. The summed E-state index contributed by atoms with van der Waals surface area (Å²) in [5.41, 5.74) is 4.36. The molecule has 26 heavy (non-hydrogen) atoms. The molecule has 1 aliphatic heterocycles. The number of hydrogen-bond acceptors (Lipinski definition) is 4. The van der Waals surface area contributed by atoms with Gasteiger partial charge in [-0.2, -0.15) is 0 Å². The summed E-state index contributed by atoms with van der Waals surface area (Å²) in [5.74, 6) is 0.273. The number of carbonyl (C=O) groups is 1. The first-order valence-corrected chi connectivity index (χ1v) is 8.48. The molecule has 2 aromatic carbocycles. The summed E-state index contributed by atoms with van der Waals surface area (Å²) in [4.78, 5) is 11.8. The smallest absolute Gasteiger partial charge is 0.310 e. The molecule has 0 bridgehead atoms. The molecule has 0 aliphatic carbocycles. The van der Waals surface area contributed by atoms with Crippen molar-refractivity contribution in [1.29, 1.82) is 0 Å². The summed E-state index contributed by atoms with van der Waals surface area (Å²) in [6, 6.07) is 8.92. The van der Waals surface area contributed by atoms with Gasteiger partial charge in [-0.3, -0.25) is 4.79 Å². The van der Waals surface area contributed by atoms with Crippen LogP contribution in [0.4, 0.5) is 4.39 Å². The standard InChI is InChI=1S/C20H22FNO3.ClH/c1-3-25-20(23)11-13-4-7-19(24-2)16(10-13)14-5-6-18(21)15-8-9-22-12-17(14)15;/h4-7,10,22H,3,8-9,11-12H2,1-2H3;1H. The molecule has 1 N–H and O–H groups in total. The summed E-state index contributed by atoms with van der Waals surface area (Å²) in [7, 11) is 1.61. The van der Waals surface area contributed by atoms with Crippen LogP contribution in [0.2, 0.25) is 0 Å². The van der Waals surface area contributed by atoms with Gasteiger partial charge in [-0.15, -0.1) is 12.4 Å².